The van der Waals surface area contributed by atoms with E-state index in [1.807, 2.05) is 0 Å². The number of carbonyl (C=O) groups excluding carboxylic acids is 1. The maximum atomic E-state index is 12.6. The number of hydrogen-bond acceptors (Lipinski definition) is 3. The third-order valence-corrected chi connectivity index (χ3v) is 4.41. The summed E-state index contributed by atoms with van der Waals surface area (Å²) in [6.07, 6.45) is -4.84. The van der Waals surface area contributed by atoms with Gasteiger partial charge in [-0.05, 0) is 41.9 Å². The zero-order chi connectivity index (χ0) is 17.2. The molecule has 0 N–H and O–H groups in total. The second kappa shape index (κ2) is 7.09. The summed E-state index contributed by atoms with van der Waals surface area (Å²) in [5, 5.41) is 0. The summed E-state index contributed by atoms with van der Waals surface area (Å²) in [6.45, 7) is 6.49. The Labute approximate surface area is 141 Å². The Morgan fingerprint density at radius 1 is 1.22 bits per heavy atom. The zero-order valence-electron chi connectivity index (χ0n) is 12.9. The Morgan fingerprint density at radius 2 is 1.83 bits per heavy atom. The van der Waals surface area contributed by atoms with Crippen LogP contribution in [0.15, 0.2) is 22.7 Å². The van der Waals surface area contributed by atoms with Crippen molar-refractivity contribution < 1.29 is 22.7 Å². The van der Waals surface area contributed by atoms with Gasteiger partial charge in [0.15, 0.2) is 0 Å². The van der Waals surface area contributed by atoms with E-state index in [1.54, 1.807) is 4.90 Å². The average Bonchev–Trinajstić information content (AvgIpc) is 2.45. The van der Waals surface area contributed by atoms with E-state index in [4.69, 9.17) is 0 Å². The first-order chi connectivity index (χ1) is 10.7. The van der Waals surface area contributed by atoms with Gasteiger partial charge in [0.1, 0.15) is 5.75 Å². The van der Waals surface area contributed by atoms with E-state index < -0.39 is 18.0 Å². The van der Waals surface area contributed by atoms with Gasteiger partial charge in [-0.1, -0.05) is 6.07 Å². The minimum Gasteiger partial charge on any atom is -0.405 e. The average molecular weight is 395 g/mol. The third kappa shape index (κ3) is 4.60. The van der Waals surface area contributed by atoms with Gasteiger partial charge >= 0.3 is 6.36 Å². The normalized spacial score (nSPS) is 16.7. The van der Waals surface area contributed by atoms with Crippen molar-refractivity contribution in [2.45, 2.75) is 26.3 Å². The van der Waals surface area contributed by atoms with Crippen LogP contribution in [0.3, 0.4) is 0 Å². The number of piperazine rings is 1. The van der Waals surface area contributed by atoms with Crippen molar-refractivity contribution in [3.05, 3.63) is 28.2 Å². The van der Waals surface area contributed by atoms with Crippen molar-refractivity contribution in [3.8, 4) is 5.75 Å². The minimum absolute atomic E-state index is 0.0946. The molecule has 23 heavy (non-hydrogen) atoms. The smallest absolute Gasteiger partial charge is 0.405 e. The van der Waals surface area contributed by atoms with Crippen LogP contribution in [0.5, 0.6) is 5.75 Å². The van der Waals surface area contributed by atoms with E-state index in [2.05, 4.69) is 39.4 Å². The van der Waals surface area contributed by atoms with Gasteiger partial charge in [0, 0.05) is 36.7 Å². The maximum Gasteiger partial charge on any atom is 0.573 e. The van der Waals surface area contributed by atoms with E-state index in [-0.39, 0.29) is 10.0 Å². The fourth-order valence-electron chi connectivity index (χ4n) is 2.52. The Hall–Kier alpha value is -1.28. The molecule has 1 fully saturated rings. The quantitative estimate of drug-likeness (QED) is 0.786. The fraction of sp³-hybridized carbons (Fsp3) is 0.533. The van der Waals surface area contributed by atoms with Crippen LogP contribution in [-0.4, -0.2) is 54.3 Å². The number of amides is 1. The van der Waals surface area contributed by atoms with Gasteiger partial charge in [-0.15, -0.1) is 13.2 Å². The van der Waals surface area contributed by atoms with Crippen molar-refractivity contribution in [2.75, 3.05) is 26.2 Å². The lowest BCUT2D eigenvalue weighted by molar-refractivity contribution is -0.274. The predicted molar refractivity (Wildman–Crippen MR) is 83.4 cm³/mol. The van der Waals surface area contributed by atoms with Gasteiger partial charge in [0.05, 0.1) is 5.56 Å². The minimum atomic E-state index is -4.84. The number of benzene rings is 1. The molecule has 0 saturated carbocycles. The van der Waals surface area contributed by atoms with Crippen molar-refractivity contribution >= 4 is 21.8 Å². The summed E-state index contributed by atoms with van der Waals surface area (Å²) < 4.78 is 41.9. The van der Waals surface area contributed by atoms with Crippen LogP contribution in [0.1, 0.15) is 24.2 Å². The number of alkyl halides is 3. The van der Waals surface area contributed by atoms with Gasteiger partial charge in [-0.3, -0.25) is 9.69 Å². The Kier molecular flexibility index (Phi) is 5.57. The molecule has 1 saturated heterocycles. The molecule has 0 unspecified atom stereocenters. The van der Waals surface area contributed by atoms with E-state index in [1.165, 1.54) is 12.1 Å². The molecule has 1 aromatic carbocycles. The molecule has 0 radical (unpaired) electrons. The first-order valence-corrected chi connectivity index (χ1v) is 8.06. The Balaban J connectivity index is 2.20. The summed E-state index contributed by atoms with van der Waals surface area (Å²) in [5.41, 5.74) is -0.0946. The first-order valence-electron chi connectivity index (χ1n) is 7.26. The predicted octanol–water partition coefficient (Wildman–Crippen LogP) is 3.51. The van der Waals surface area contributed by atoms with Crippen LogP contribution in [0, 0.1) is 0 Å². The number of halogens is 4. The highest BCUT2D eigenvalue weighted by Gasteiger charge is 2.34. The molecule has 1 amide bonds. The molecule has 0 aliphatic carbocycles. The molecule has 8 heteroatoms. The van der Waals surface area contributed by atoms with E-state index in [0.29, 0.717) is 32.2 Å². The van der Waals surface area contributed by atoms with Gasteiger partial charge in [0.2, 0.25) is 0 Å². The molecule has 1 aliphatic heterocycles. The van der Waals surface area contributed by atoms with Crippen LogP contribution in [0.25, 0.3) is 0 Å². The lowest BCUT2D eigenvalue weighted by Crippen LogP contribution is -2.50. The highest BCUT2D eigenvalue weighted by Crippen LogP contribution is 2.32. The highest BCUT2D eigenvalue weighted by molar-refractivity contribution is 9.10. The fourth-order valence-corrected chi connectivity index (χ4v) is 3.04. The van der Waals surface area contributed by atoms with Crippen LogP contribution in [0.4, 0.5) is 13.2 Å². The summed E-state index contributed by atoms with van der Waals surface area (Å²) in [7, 11) is 0. The molecule has 0 spiro atoms. The van der Waals surface area contributed by atoms with Crippen molar-refractivity contribution in [2.24, 2.45) is 0 Å². The van der Waals surface area contributed by atoms with Gasteiger partial charge < -0.3 is 9.64 Å². The summed E-state index contributed by atoms with van der Waals surface area (Å²) in [4.78, 5) is 16.4. The zero-order valence-corrected chi connectivity index (χ0v) is 14.4. The molecule has 0 bridgehead atoms. The number of hydrogen-bond donors (Lipinski definition) is 0. The molecule has 128 valence electrons. The molecular weight excluding hydrogens is 377 g/mol. The SMILES string of the molecule is CC(C)N1CCN(C(=O)c2c(Br)cccc2OC(F)(F)F)CC1. The summed E-state index contributed by atoms with van der Waals surface area (Å²) in [5.74, 6) is -0.941. The van der Waals surface area contributed by atoms with Crippen LogP contribution >= 0.6 is 15.9 Å². The molecule has 2 rings (SSSR count). The third-order valence-electron chi connectivity index (χ3n) is 3.75. The lowest BCUT2D eigenvalue weighted by atomic mass is 10.1. The molecule has 1 heterocycles. The second-order valence-electron chi connectivity index (χ2n) is 5.58. The number of nitrogens with zero attached hydrogens (tertiary/aromatic N) is 2. The van der Waals surface area contributed by atoms with Crippen LogP contribution in [-0.2, 0) is 0 Å². The first kappa shape index (κ1) is 18.1. The number of ether oxygens (including phenoxy) is 1. The van der Waals surface area contributed by atoms with E-state index in [9.17, 15) is 18.0 Å². The summed E-state index contributed by atoms with van der Waals surface area (Å²) >= 11 is 3.15. The molecule has 1 aromatic rings. The maximum absolute atomic E-state index is 12.6. The molecule has 1 aliphatic rings. The second-order valence-corrected chi connectivity index (χ2v) is 6.44. The molecule has 0 aromatic heterocycles. The van der Waals surface area contributed by atoms with Crippen molar-refractivity contribution in [3.63, 3.8) is 0 Å². The molecular formula is C15H18BrF3N2O2. The lowest BCUT2D eigenvalue weighted by Gasteiger charge is -2.37. The van der Waals surface area contributed by atoms with Gasteiger partial charge in [-0.25, -0.2) is 0 Å². The van der Waals surface area contributed by atoms with Crippen molar-refractivity contribution in [1.29, 1.82) is 0 Å². The standard InChI is InChI=1S/C15H18BrF3N2O2/c1-10(2)20-6-8-21(9-7-20)14(22)13-11(16)4-3-5-12(13)23-15(17,18)19/h3-5,10H,6-9H2,1-2H3. The van der Waals surface area contributed by atoms with Crippen molar-refractivity contribution in [1.82, 2.24) is 9.80 Å². The Bertz CT molecular complexity index is 570. The monoisotopic (exact) mass is 394 g/mol. The molecule has 0 atom stereocenters. The van der Waals surface area contributed by atoms with E-state index >= 15 is 0 Å². The Morgan fingerprint density at radius 3 is 2.35 bits per heavy atom. The topological polar surface area (TPSA) is 32.8 Å². The van der Waals surface area contributed by atoms with Crippen LogP contribution < -0.4 is 4.74 Å². The number of rotatable bonds is 3. The largest absolute Gasteiger partial charge is 0.573 e. The summed E-state index contributed by atoms with van der Waals surface area (Å²) in [6, 6.07) is 4.45. The van der Waals surface area contributed by atoms with Gasteiger partial charge in [0.25, 0.3) is 5.91 Å². The van der Waals surface area contributed by atoms with Gasteiger partial charge in [-0.2, -0.15) is 0 Å². The highest BCUT2D eigenvalue weighted by atomic mass is 79.9. The van der Waals surface area contributed by atoms with E-state index in [0.717, 1.165) is 6.07 Å². The number of carbonyl (C=O) groups is 1. The molecule has 4 nitrogen and oxygen atoms in total. The van der Waals surface area contributed by atoms with Crippen LogP contribution in [0.2, 0.25) is 0 Å².